The highest BCUT2D eigenvalue weighted by atomic mass is 35.5. The fraction of sp³-hybridized carbons (Fsp3) is 0.136. The second kappa shape index (κ2) is 10.1. The van der Waals surface area contributed by atoms with Crippen LogP contribution in [0.5, 0.6) is 0 Å². The van der Waals surface area contributed by atoms with Gasteiger partial charge in [-0.1, -0.05) is 35.3 Å². The number of benzene rings is 2. The van der Waals surface area contributed by atoms with Crippen molar-refractivity contribution in [2.45, 2.75) is 13.8 Å². The first-order valence-corrected chi connectivity index (χ1v) is 9.35. The van der Waals surface area contributed by atoms with Gasteiger partial charge in [0.2, 0.25) is 0 Å². The van der Waals surface area contributed by atoms with Crippen molar-refractivity contribution in [3.8, 4) is 11.1 Å². The van der Waals surface area contributed by atoms with Crippen LogP contribution in [0.3, 0.4) is 0 Å². The molecule has 0 radical (unpaired) electrons. The normalized spacial score (nSPS) is 10.9. The molecule has 1 aromatic heterocycles. The quantitative estimate of drug-likeness (QED) is 0.421. The number of nitrogens with zero attached hydrogens (tertiary/aromatic N) is 3. The summed E-state index contributed by atoms with van der Waals surface area (Å²) in [5.41, 5.74) is 10.2. The highest BCUT2D eigenvalue weighted by Gasteiger charge is 2.12. The maximum atomic E-state index is 6.17. The van der Waals surface area contributed by atoms with Crippen LogP contribution in [0.4, 0.5) is 5.69 Å². The molecule has 4 nitrogen and oxygen atoms in total. The van der Waals surface area contributed by atoms with E-state index >= 15 is 0 Å². The smallest absolute Gasteiger partial charge is 0.160 e. The zero-order valence-corrected chi connectivity index (χ0v) is 17.6. The van der Waals surface area contributed by atoms with E-state index in [0.29, 0.717) is 15.9 Å². The molecular weight excluding hydrogens is 391 g/mol. The van der Waals surface area contributed by atoms with Gasteiger partial charge in [-0.15, -0.1) is 0 Å². The fourth-order valence-electron chi connectivity index (χ4n) is 2.82. The van der Waals surface area contributed by atoms with Crippen molar-refractivity contribution in [2.75, 3.05) is 7.05 Å². The highest BCUT2D eigenvalue weighted by molar-refractivity contribution is 6.35. The Bertz CT molecular complexity index is 979. The number of amidine groups is 1. The average molecular weight is 413 g/mol. The van der Waals surface area contributed by atoms with Gasteiger partial charge in [-0.25, -0.2) is 9.98 Å². The largest absolute Gasteiger partial charge is 0.333 e. The van der Waals surface area contributed by atoms with Crippen LogP contribution in [-0.2, 0) is 0 Å². The van der Waals surface area contributed by atoms with Crippen molar-refractivity contribution in [2.24, 2.45) is 15.7 Å². The molecule has 2 aromatic carbocycles. The third-order valence-electron chi connectivity index (χ3n) is 4.09. The summed E-state index contributed by atoms with van der Waals surface area (Å²) in [7, 11) is 1.50. The van der Waals surface area contributed by atoms with Gasteiger partial charge in [-0.05, 0) is 80.2 Å². The third kappa shape index (κ3) is 5.04. The van der Waals surface area contributed by atoms with Gasteiger partial charge in [0, 0.05) is 28.0 Å². The molecule has 0 saturated heterocycles. The van der Waals surface area contributed by atoms with Crippen molar-refractivity contribution in [3.63, 3.8) is 0 Å². The molecule has 3 rings (SSSR count). The van der Waals surface area contributed by atoms with Crippen LogP contribution in [-0.4, -0.2) is 24.6 Å². The van der Waals surface area contributed by atoms with E-state index in [2.05, 4.69) is 28.5 Å². The van der Waals surface area contributed by atoms with Gasteiger partial charge in [0.15, 0.2) is 5.84 Å². The number of aliphatic imine (C=N–C) groups is 2. The van der Waals surface area contributed by atoms with Crippen LogP contribution < -0.4 is 5.73 Å². The van der Waals surface area contributed by atoms with Gasteiger partial charge in [-0.2, -0.15) is 0 Å². The minimum atomic E-state index is 0.533. The maximum Gasteiger partial charge on any atom is 0.160 e. The van der Waals surface area contributed by atoms with E-state index in [1.54, 1.807) is 18.5 Å². The van der Waals surface area contributed by atoms with Gasteiger partial charge < -0.3 is 5.73 Å². The standard InChI is InChI=1S/C21H17Cl2N3.CH5N/c1-13-6-7-19(16-9-17(22)11-18(23)10-16)14(2)20(13)26-21(24-3)15-5-4-8-25-12-15;1-2/h4-12H,3H2,1-2H3;2H2,1H3. The molecule has 28 heavy (non-hydrogen) atoms. The molecule has 144 valence electrons. The average Bonchev–Trinajstić information content (AvgIpc) is 2.69. The second-order valence-electron chi connectivity index (χ2n) is 5.90. The number of aromatic nitrogens is 1. The second-order valence-corrected chi connectivity index (χ2v) is 6.77. The van der Waals surface area contributed by atoms with E-state index in [0.717, 1.165) is 33.5 Å². The molecule has 0 aliphatic carbocycles. The van der Waals surface area contributed by atoms with Crippen molar-refractivity contribution in [1.82, 2.24) is 4.98 Å². The zero-order valence-electron chi connectivity index (χ0n) is 16.1. The Hall–Kier alpha value is -2.53. The SMILES string of the molecule is C=NC(=Nc1c(C)ccc(-c2cc(Cl)cc(Cl)c2)c1C)c1cccnc1.CN. The first-order valence-electron chi connectivity index (χ1n) is 8.60. The first-order chi connectivity index (χ1) is 13.5. The molecule has 0 amide bonds. The monoisotopic (exact) mass is 412 g/mol. The van der Waals surface area contributed by atoms with Crippen molar-refractivity contribution < 1.29 is 0 Å². The molecule has 0 spiro atoms. The first kappa shape index (κ1) is 21.8. The van der Waals surface area contributed by atoms with E-state index < -0.39 is 0 Å². The van der Waals surface area contributed by atoms with Gasteiger partial charge in [0.25, 0.3) is 0 Å². The lowest BCUT2D eigenvalue weighted by Gasteiger charge is -2.13. The topological polar surface area (TPSA) is 63.6 Å². The van der Waals surface area contributed by atoms with Crippen molar-refractivity contribution in [1.29, 1.82) is 0 Å². The summed E-state index contributed by atoms with van der Waals surface area (Å²) in [5.74, 6) is 0.533. The Balaban J connectivity index is 0.00000136. The van der Waals surface area contributed by atoms with Gasteiger partial charge in [0.05, 0.1) is 5.69 Å². The van der Waals surface area contributed by atoms with E-state index in [9.17, 15) is 0 Å². The van der Waals surface area contributed by atoms with Gasteiger partial charge >= 0.3 is 0 Å². The lowest BCUT2D eigenvalue weighted by Crippen LogP contribution is -1.98. The number of halogens is 2. The number of aryl methyl sites for hydroxylation is 1. The van der Waals surface area contributed by atoms with E-state index in [-0.39, 0.29) is 0 Å². The Labute approximate surface area is 175 Å². The summed E-state index contributed by atoms with van der Waals surface area (Å²) in [6.07, 6.45) is 3.43. The van der Waals surface area contributed by atoms with E-state index in [4.69, 9.17) is 28.2 Å². The zero-order chi connectivity index (χ0) is 20.7. The molecule has 0 aliphatic heterocycles. The van der Waals surface area contributed by atoms with Gasteiger partial charge in [0.1, 0.15) is 0 Å². The minimum Gasteiger partial charge on any atom is -0.333 e. The molecule has 2 N–H and O–H groups in total. The molecule has 3 aromatic rings. The summed E-state index contributed by atoms with van der Waals surface area (Å²) in [6.45, 7) is 7.70. The van der Waals surface area contributed by atoms with Crippen LogP contribution in [0, 0.1) is 13.8 Å². The Morgan fingerprint density at radius 2 is 1.71 bits per heavy atom. The molecule has 0 unspecified atom stereocenters. The summed E-state index contributed by atoms with van der Waals surface area (Å²) in [4.78, 5) is 13.0. The van der Waals surface area contributed by atoms with E-state index in [1.807, 2.05) is 44.2 Å². The summed E-state index contributed by atoms with van der Waals surface area (Å²) in [6, 6.07) is 13.3. The van der Waals surface area contributed by atoms with Crippen LogP contribution in [0.1, 0.15) is 16.7 Å². The molecule has 0 aliphatic rings. The summed E-state index contributed by atoms with van der Waals surface area (Å²) < 4.78 is 0. The van der Waals surface area contributed by atoms with Crippen LogP contribution >= 0.6 is 23.2 Å². The number of hydrogen-bond donors (Lipinski definition) is 1. The van der Waals surface area contributed by atoms with Gasteiger partial charge in [-0.3, -0.25) is 4.98 Å². The fourth-order valence-corrected chi connectivity index (χ4v) is 3.35. The van der Waals surface area contributed by atoms with Crippen LogP contribution in [0.25, 0.3) is 11.1 Å². The summed E-state index contributed by atoms with van der Waals surface area (Å²) >= 11 is 12.3. The third-order valence-corrected chi connectivity index (χ3v) is 4.53. The molecule has 6 heteroatoms. The molecule has 0 saturated carbocycles. The number of nitrogens with two attached hydrogens (primary N) is 1. The Morgan fingerprint density at radius 1 is 1.04 bits per heavy atom. The lowest BCUT2D eigenvalue weighted by molar-refractivity contribution is 1.29. The Kier molecular flexibility index (Phi) is 7.88. The highest BCUT2D eigenvalue weighted by Crippen LogP contribution is 2.35. The number of rotatable bonds is 3. The van der Waals surface area contributed by atoms with Crippen molar-refractivity contribution >= 4 is 41.4 Å². The minimum absolute atomic E-state index is 0.533. The summed E-state index contributed by atoms with van der Waals surface area (Å²) in [5, 5.41) is 1.20. The predicted molar refractivity (Wildman–Crippen MR) is 121 cm³/mol. The number of pyridine rings is 1. The Morgan fingerprint density at radius 3 is 2.29 bits per heavy atom. The van der Waals surface area contributed by atoms with Crippen molar-refractivity contribution in [3.05, 3.63) is 81.6 Å². The van der Waals surface area contributed by atoms with Crippen LogP contribution in [0.15, 0.2) is 64.8 Å². The molecule has 1 heterocycles. The molecule has 0 fully saturated rings. The maximum absolute atomic E-state index is 6.17. The number of hydrogen-bond acceptors (Lipinski definition) is 3. The predicted octanol–water partition coefficient (Wildman–Crippen LogP) is 6.03. The molecular formula is C22H22Cl2N4. The molecule has 0 bridgehead atoms. The van der Waals surface area contributed by atoms with E-state index in [1.165, 1.54) is 7.05 Å². The molecule has 0 atom stereocenters. The van der Waals surface area contributed by atoms with Crippen LogP contribution in [0.2, 0.25) is 10.0 Å². The lowest BCUT2D eigenvalue weighted by atomic mass is 9.96.